The van der Waals surface area contributed by atoms with Gasteiger partial charge in [0.15, 0.2) is 5.78 Å². The van der Waals surface area contributed by atoms with Gasteiger partial charge in [0, 0.05) is 23.6 Å². The smallest absolute Gasteiger partial charge is 0.155 e. The Morgan fingerprint density at radius 1 is 1.37 bits per heavy atom. The number of para-hydroxylation sites is 1. The molecule has 0 bridgehead atoms. The van der Waals surface area contributed by atoms with E-state index in [9.17, 15) is 4.79 Å². The Morgan fingerprint density at radius 3 is 2.95 bits per heavy atom. The minimum atomic E-state index is 0.184. The third-order valence-electron chi connectivity index (χ3n) is 3.96. The van der Waals surface area contributed by atoms with Crippen LogP contribution >= 0.6 is 0 Å². The van der Waals surface area contributed by atoms with Crippen molar-refractivity contribution >= 4 is 16.7 Å². The topological polar surface area (TPSA) is 36.1 Å². The lowest BCUT2D eigenvalue weighted by Gasteiger charge is -2.30. The van der Waals surface area contributed by atoms with Gasteiger partial charge in [-0.1, -0.05) is 24.3 Å². The number of carbonyl (C=O) groups excluding carboxylic acids is 1. The SMILES string of the molecule is CC(=O)C1=CC(c2c[nH]c3ccccc23)N(C)CC1. The lowest BCUT2D eigenvalue weighted by molar-refractivity contribution is -0.113. The van der Waals surface area contributed by atoms with E-state index in [0.29, 0.717) is 0 Å². The summed E-state index contributed by atoms with van der Waals surface area (Å²) in [7, 11) is 2.11. The van der Waals surface area contributed by atoms with E-state index in [1.165, 1.54) is 10.9 Å². The summed E-state index contributed by atoms with van der Waals surface area (Å²) in [5.74, 6) is 0.193. The van der Waals surface area contributed by atoms with Crippen molar-refractivity contribution in [3.05, 3.63) is 47.7 Å². The third-order valence-corrected chi connectivity index (χ3v) is 3.96. The van der Waals surface area contributed by atoms with E-state index >= 15 is 0 Å². The number of ketones is 1. The Kier molecular flexibility index (Phi) is 2.99. The number of H-pyrrole nitrogens is 1. The average molecular weight is 254 g/mol. The molecule has 98 valence electrons. The van der Waals surface area contributed by atoms with Crippen LogP contribution in [-0.4, -0.2) is 29.3 Å². The molecule has 1 aliphatic rings. The van der Waals surface area contributed by atoms with Crippen LogP contribution in [0.15, 0.2) is 42.1 Å². The Morgan fingerprint density at radius 2 is 2.16 bits per heavy atom. The molecule has 1 atom stereocenters. The number of aromatic amines is 1. The molecule has 2 heterocycles. The first-order chi connectivity index (χ1) is 9.16. The van der Waals surface area contributed by atoms with Crippen molar-refractivity contribution in [3.63, 3.8) is 0 Å². The fourth-order valence-electron chi connectivity index (χ4n) is 2.80. The van der Waals surface area contributed by atoms with Crippen LogP contribution in [0.2, 0.25) is 0 Å². The van der Waals surface area contributed by atoms with Crippen molar-refractivity contribution in [2.24, 2.45) is 0 Å². The van der Waals surface area contributed by atoms with Gasteiger partial charge in [0.1, 0.15) is 0 Å². The monoisotopic (exact) mass is 254 g/mol. The number of fused-ring (bicyclic) bond motifs is 1. The zero-order chi connectivity index (χ0) is 13.4. The van der Waals surface area contributed by atoms with E-state index in [2.05, 4.69) is 47.4 Å². The fourth-order valence-corrected chi connectivity index (χ4v) is 2.80. The maximum absolute atomic E-state index is 11.6. The molecule has 1 aromatic heterocycles. The zero-order valence-electron chi connectivity index (χ0n) is 11.3. The molecule has 2 aromatic rings. The number of carbonyl (C=O) groups is 1. The van der Waals surface area contributed by atoms with Gasteiger partial charge in [-0.05, 0) is 37.6 Å². The van der Waals surface area contributed by atoms with Crippen molar-refractivity contribution in [1.82, 2.24) is 9.88 Å². The van der Waals surface area contributed by atoms with Crippen LogP contribution in [0.4, 0.5) is 0 Å². The number of hydrogen-bond acceptors (Lipinski definition) is 2. The van der Waals surface area contributed by atoms with Crippen molar-refractivity contribution < 1.29 is 4.79 Å². The number of hydrogen-bond donors (Lipinski definition) is 1. The van der Waals surface area contributed by atoms with Gasteiger partial charge < -0.3 is 4.98 Å². The van der Waals surface area contributed by atoms with Gasteiger partial charge >= 0.3 is 0 Å². The van der Waals surface area contributed by atoms with Crippen molar-refractivity contribution in [3.8, 4) is 0 Å². The highest BCUT2D eigenvalue weighted by Crippen LogP contribution is 2.32. The number of Topliss-reactive ketones (excluding diaryl/α,β-unsaturated/α-hetero) is 1. The van der Waals surface area contributed by atoms with Crippen LogP contribution in [0, 0.1) is 0 Å². The highest BCUT2D eigenvalue weighted by Gasteiger charge is 2.24. The van der Waals surface area contributed by atoms with E-state index in [1.54, 1.807) is 6.92 Å². The summed E-state index contributed by atoms with van der Waals surface area (Å²) in [6.45, 7) is 2.58. The van der Waals surface area contributed by atoms with Gasteiger partial charge in [0.05, 0.1) is 6.04 Å². The minimum Gasteiger partial charge on any atom is -0.361 e. The van der Waals surface area contributed by atoms with E-state index in [0.717, 1.165) is 24.1 Å². The molecule has 1 aromatic carbocycles. The first kappa shape index (κ1) is 12.2. The van der Waals surface area contributed by atoms with Crippen LogP contribution in [0.5, 0.6) is 0 Å². The molecule has 3 rings (SSSR count). The Bertz CT molecular complexity index is 654. The number of nitrogens with zero attached hydrogens (tertiary/aromatic N) is 1. The zero-order valence-corrected chi connectivity index (χ0v) is 11.3. The second kappa shape index (κ2) is 4.67. The standard InChI is InChI=1S/C16H18N2O/c1-11(19)12-7-8-18(2)16(9-12)14-10-17-15-6-4-3-5-13(14)15/h3-6,9-10,16-17H,7-8H2,1-2H3. The van der Waals surface area contributed by atoms with Crippen molar-refractivity contribution in [2.75, 3.05) is 13.6 Å². The minimum absolute atomic E-state index is 0.184. The van der Waals surface area contributed by atoms with E-state index in [1.807, 2.05) is 6.07 Å². The van der Waals surface area contributed by atoms with Gasteiger partial charge in [-0.15, -0.1) is 0 Å². The molecule has 1 unspecified atom stereocenters. The van der Waals surface area contributed by atoms with Gasteiger partial charge in [-0.3, -0.25) is 9.69 Å². The van der Waals surface area contributed by atoms with Crippen LogP contribution in [0.3, 0.4) is 0 Å². The lowest BCUT2D eigenvalue weighted by atomic mass is 9.95. The predicted molar refractivity (Wildman–Crippen MR) is 77.1 cm³/mol. The molecule has 0 fully saturated rings. The van der Waals surface area contributed by atoms with E-state index < -0.39 is 0 Å². The molecule has 0 radical (unpaired) electrons. The van der Waals surface area contributed by atoms with Crippen LogP contribution in [0.1, 0.15) is 24.9 Å². The fraction of sp³-hybridized carbons (Fsp3) is 0.312. The first-order valence-corrected chi connectivity index (χ1v) is 6.64. The highest BCUT2D eigenvalue weighted by molar-refractivity contribution is 5.93. The van der Waals surface area contributed by atoms with Crippen molar-refractivity contribution in [1.29, 1.82) is 0 Å². The molecule has 0 amide bonds. The number of benzene rings is 1. The normalized spacial score (nSPS) is 20.5. The molecule has 1 N–H and O–H groups in total. The quantitative estimate of drug-likeness (QED) is 0.894. The molecular formula is C16H18N2O. The van der Waals surface area contributed by atoms with Crippen molar-refractivity contribution in [2.45, 2.75) is 19.4 Å². The second-order valence-electron chi connectivity index (χ2n) is 5.21. The summed E-state index contributed by atoms with van der Waals surface area (Å²) in [4.78, 5) is 17.2. The summed E-state index contributed by atoms with van der Waals surface area (Å²) < 4.78 is 0. The number of aromatic nitrogens is 1. The molecule has 0 saturated heterocycles. The summed E-state index contributed by atoms with van der Waals surface area (Å²) in [5.41, 5.74) is 3.35. The third kappa shape index (κ3) is 2.10. The Labute approximate surface area is 112 Å². The Hall–Kier alpha value is -1.87. The number of nitrogens with one attached hydrogen (secondary N) is 1. The van der Waals surface area contributed by atoms with E-state index in [4.69, 9.17) is 0 Å². The largest absolute Gasteiger partial charge is 0.361 e. The summed E-state index contributed by atoms with van der Waals surface area (Å²) in [6.07, 6.45) is 5.03. The molecule has 0 aliphatic carbocycles. The van der Waals surface area contributed by atoms with Crippen LogP contribution in [0.25, 0.3) is 10.9 Å². The molecule has 3 heteroatoms. The maximum Gasteiger partial charge on any atom is 0.155 e. The summed E-state index contributed by atoms with van der Waals surface area (Å²) in [5, 5.41) is 1.24. The van der Waals surface area contributed by atoms with Gasteiger partial charge in [0.2, 0.25) is 0 Å². The molecule has 19 heavy (non-hydrogen) atoms. The van der Waals surface area contributed by atoms with Gasteiger partial charge in [-0.2, -0.15) is 0 Å². The maximum atomic E-state index is 11.6. The van der Waals surface area contributed by atoms with Crippen LogP contribution in [-0.2, 0) is 4.79 Å². The van der Waals surface area contributed by atoms with Crippen LogP contribution < -0.4 is 0 Å². The second-order valence-corrected chi connectivity index (χ2v) is 5.21. The number of likely N-dealkylation sites (N-methyl/N-ethyl adjacent to an activating group) is 1. The molecule has 0 saturated carbocycles. The first-order valence-electron chi connectivity index (χ1n) is 6.64. The molecular weight excluding hydrogens is 236 g/mol. The van der Waals surface area contributed by atoms with Gasteiger partial charge in [-0.25, -0.2) is 0 Å². The van der Waals surface area contributed by atoms with Gasteiger partial charge in [0.25, 0.3) is 0 Å². The molecule has 0 spiro atoms. The molecule has 3 nitrogen and oxygen atoms in total. The molecule has 1 aliphatic heterocycles. The lowest BCUT2D eigenvalue weighted by Crippen LogP contribution is -2.29. The Balaban J connectivity index is 2.09. The predicted octanol–water partition coefficient (Wildman–Crippen LogP) is 3.06. The number of rotatable bonds is 2. The highest BCUT2D eigenvalue weighted by atomic mass is 16.1. The van der Waals surface area contributed by atoms with E-state index in [-0.39, 0.29) is 11.8 Å². The summed E-state index contributed by atoms with van der Waals surface area (Å²) in [6, 6.07) is 8.48. The summed E-state index contributed by atoms with van der Waals surface area (Å²) >= 11 is 0. The average Bonchev–Trinajstić information content (AvgIpc) is 2.83.